The summed E-state index contributed by atoms with van der Waals surface area (Å²) in [6.07, 6.45) is 3.22. The largest absolute Gasteiger partial charge is 0.508 e. The van der Waals surface area contributed by atoms with Crippen LogP contribution in [0.4, 0.5) is 0 Å². The van der Waals surface area contributed by atoms with Crippen LogP contribution in [0.2, 0.25) is 0 Å². The van der Waals surface area contributed by atoms with Crippen molar-refractivity contribution in [3.63, 3.8) is 0 Å². The van der Waals surface area contributed by atoms with E-state index >= 15 is 0 Å². The number of rotatable bonds is 4. The van der Waals surface area contributed by atoms with Crippen molar-refractivity contribution in [1.29, 1.82) is 0 Å². The summed E-state index contributed by atoms with van der Waals surface area (Å²) in [6, 6.07) is 7.38. The number of thiol groups is 1. The molecule has 0 fully saturated rings. The van der Waals surface area contributed by atoms with E-state index in [1.54, 1.807) is 6.07 Å². The van der Waals surface area contributed by atoms with Crippen molar-refractivity contribution in [1.82, 2.24) is 0 Å². The first kappa shape index (κ1) is 12.0. The van der Waals surface area contributed by atoms with E-state index in [4.69, 9.17) is 0 Å². The Morgan fingerprint density at radius 2 is 2.13 bits per heavy atom. The maximum absolute atomic E-state index is 9.71. The molecule has 1 nitrogen and oxygen atoms in total. The molecule has 1 N–H and O–H groups in total. The van der Waals surface area contributed by atoms with E-state index in [9.17, 15) is 5.11 Å². The summed E-state index contributed by atoms with van der Waals surface area (Å²) in [5, 5.41) is 12.3. The fourth-order valence-corrected chi connectivity index (χ4v) is 1.73. The monoisotopic (exact) mass is 220 g/mol. The molecule has 1 aromatic carbocycles. The molecule has 1 atom stereocenters. The van der Waals surface area contributed by atoms with Crippen molar-refractivity contribution in [2.24, 2.45) is 0 Å². The molecule has 1 unspecified atom stereocenters. The van der Waals surface area contributed by atoms with Gasteiger partial charge >= 0.3 is 0 Å². The molecule has 15 heavy (non-hydrogen) atoms. The summed E-state index contributed by atoms with van der Waals surface area (Å²) in [7, 11) is 0. The van der Waals surface area contributed by atoms with E-state index in [1.807, 2.05) is 18.2 Å². The van der Waals surface area contributed by atoms with Gasteiger partial charge in [0, 0.05) is 11.5 Å². The van der Waals surface area contributed by atoms with E-state index in [2.05, 4.69) is 30.7 Å². The average Bonchev–Trinajstić information content (AvgIpc) is 2.25. The predicted octanol–water partition coefficient (Wildman–Crippen LogP) is 3.56. The zero-order chi connectivity index (χ0) is 11.1. The maximum atomic E-state index is 9.71. The number of para-hydroxylation sites is 1. The van der Waals surface area contributed by atoms with Crippen molar-refractivity contribution in [2.45, 2.75) is 32.1 Å². The van der Waals surface area contributed by atoms with Crippen molar-refractivity contribution in [2.75, 3.05) is 0 Å². The zero-order valence-electron chi connectivity index (χ0n) is 8.90. The highest BCUT2D eigenvalue weighted by Gasteiger charge is 2.11. The minimum Gasteiger partial charge on any atom is -0.508 e. The first-order valence-corrected chi connectivity index (χ1v) is 5.66. The van der Waals surface area contributed by atoms with Crippen molar-refractivity contribution < 1.29 is 5.11 Å². The topological polar surface area (TPSA) is 20.2 Å². The minimum atomic E-state index is 0.101. The lowest BCUT2D eigenvalue weighted by molar-refractivity contribution is 0.463. The maximum Gasteiger partial charge on any atom is 0.120 e. The fraction of sp³-hybridized carbons (Fsp3) is 0.385. The smallest absolute Gasteiger partial charge is 0.120 e. The quantitative estimate of drug-likeness (QED) is 0.587. The second-order valence-electron chi connectivity index (χ2n) is 3.51. The molecule has 0 saturated carbocycles. The number of hydrogen-bond donors (Lipinski definition) is 2. The SMILES string of the molecule is CCCCC(C#CS)c1ccccc1O. The van der Waals surface area contributed by atoms with Gasteiger partial charge in [-0.15, -0.1) is 0 Å². The van der Waals surface area contributed by atoms with Gasteiger partial charge in [0.15, 0.2) is 0 Å². The standard InChI is InChI=1S/C13H16OS/c1-2-3-6-11(9-10-15)12-7-4-5-8-13(12)14/h4-5,7-8,11,14-15H,2-3,6H2,1H3. The number of benzene rings is 1. The summed E-state index contributed by atoms with van der Waals surface area (Å²) in [5.41, 5.74) is 0.910. The van der Waals surface area contributed by atoms with Crippen molar-refractivity contribution in [3.05, 3.63) is 29.8 Å². The molecule has 0 amide bonds. The van der Waals surface area contributed by atoms with Gasteiger partial charge in [0.05, 0.1) is 0 Å². The van der Waals surface area contributed by atoms with Crippen LogP contribution >= 0.6 is 12.6 Å². The molecule has 2 heteroatoms. The number of phenolic OH excluding ortho intramolecular Hbond substituents is 1. The molecule has 0 spiro atoms. The Morgan fingerprint density at radius 1 is 1.40 bits per heavy atom. The Hall–Kier alpha value is -1.07. The summed E-state index contributed by atoms with van der Waals surface area (Å²) in [4.78, 5) is 0. The Morgan fingerprint density at radius 3 is 2.73 bits per heavy atom. The second-order valence-corrected chi connectivity index (χ2v) is 3.73. The molecule has 1 aromatic rings. The van der Waals surface area contributed by atoms with Gasteiger partial charge in [-0.25, -0.2) is 0 Å². The second kappa shape index (κ2) is 6.42. The molecule has 0 bridgehead atoms. The molecular weight excluding hydrogens is 204 g/mol. The third-order valence-electron chi connectivity index (χ3n) is 2.40. The number of unbranched alkanes of at least 4 members (excludes halogenated alkanes) is 1. The van der Waals surface area contributed by atoms with Gasteiger partial charge in [0.1, 0.15) is 5.75 Å². The number of phenols is 1. The number of hydrogen-bond acceptors (Lipinski definition) is 2. The van der Waals surface area contributed by atoms with Crippen LogP contribution in [0.1, 0.15) is 37.7 Å². The van der Waals surface area contributed by atoms with Gasteiger partial charge in [-0.3, -0.25) is 0 Å². The molecule has 0 aliphatic rings. The van der Waals surface area contributed by atoms with Gasteiger partial charge in [0.2, 0.25) is 0 Å². The highest BCUT2D eigenvalue weighted by Crippen LogP contribution is 2.28. The van der Waals surface area contributed by atoms with E-state index in [0.717, 1.165) is 24.8 Å². The Labute approximate surface area is 96.9 Å². The van der Waals surface area contributed by atoms with Crippen LogP contribution in [0.5, 0.6) is 5.75 Å². The highest BCUT2D eigenvalue weighted by molar-refractivity contribution is 7.85. The molecule has 0 aromatic heterocycles. The van der Waals surface area contributed by atoms with Crippen LogP contribution in [0, 0.1) is 11.2 Å². The van der Waals surface area contributed by atoms with Crippen LogP contribution in [0.25, 0.3) is 0 Å². The third-order valence-corrected chi connectivity index (χ3v) is 2.53. The predicted molar refractivity (Wildman–Crippen MR) is 67.1 cm³/mol. The van der Waals surface area contributed by atoms with Gasteiger partial charge < -0.3 is 5.11 Å². The van der Waals surface area contributed by atoms with Gasteiger partial charge in [-0.1, -0.05) is 56.5 Å². The van der Waals surface area contributed by atoms with Crippen molar-refractivity contribution in [3.8, 4) is 16.9 Å². The van der Waals surface area contributed by atoms with Crippen molar-refractivity contribution >= 4 is 12.6 Å². The molecular formula is C13H16OS. The third kappa shape index (κ3) is 3.53. The van der Waals surface area contributed by atoms with E-state index in [0.29, 0.717) is 5.75 Å². The molecule has 0 radical (unpaired) electrons. The minimum absolute atomic E-state index is 0.101. The highest BCUT2D eigenvalue weighted by atomic mass is 32.1. The summed E-state index contributed by atoms with van der Waals surface area (Å²) in [5.74, 6) is 3.46. The summed E-state index contributed by atoms with van der Waals surface area (Å²) >= 11 is 3.92. The Balaban J connectivity index is 2.87. The molecule has 0 heterocycles. The lowest BCUT2D eigenvalue weighted by Gasteiger charge is -2.11. The van der Waals surface area contributed by atoms with E-state index < -0.39 is 0 Å². The van der Waals surface area contributed by atoms with Crippen LogP contribution in [-0.2, 0) is 0 Å². The lowest BCUT2D eigenvalue weighted by atomic mass is 9.94. The average molecular weight is 220 g/mol. The zero-order valence-corrected chi connectivity index (χ0v) is 9.80. The molecule has 0 saturated heterocycles. The Bertz CT molecular complexity index is 362. The van der Waals surface area contributed by atoms with E-state index in [-0.39, 0.29) is 5.92 Å². The van der Waals surface area contributed by atoms with Crippen LogP contribution in [0.3, 0.4) is 0 Å². The normalized spacial score (nSPS) is 11.6. The molecule has 80 valence electrons. The van der Waals surface area contributed by atoms with Crippen LogP contribution < -0.4 is 0 Å². The first-order chi connectivity index (χ1) is 7.29. The first-order valence-electron chi connectivity index (χ1n) is 5.22. The summed E-state index contributed by atoms with van der Waals surface area (Å²) < 4.78 is 0. The summed E-state index contributed by atoms with van der Waals surface area (Å²) in [6.45, 7) is 2.15. The van der Waals surface area contributed by atoms with Gasteiger partial charge in [-0.2, -0.15) is 0 Å². The van der Waals surface area contributed by atoms with E-state index in [1.165, 1.54) is 0 Å². The van der Waals surface area contributed by atoms with Crippen LogP contribution in [0.15, 0.2) is 24.3 Å². The van der Waals surface area contributed by atoms with Gasteiger partial charge in [-0.05, 0) is 17.7 Å². The molecule has 0 aliphatic heterocycles. The lowest BCUT2D eigenvalue weighted by Crippen LogP contribution is -1.96. The fourth-order valence-electron chi connectivity index (χ4n) is 1.57. The number of aromatic hydroxyl groups is 1. The molecule has 0 aliphatic carbocycles. The molecule has 1 rings (SSSR count). The Kier molecular flexibility index (Phi) is 5.14. The van der Waals surface area contributed by atoms with Gasteiger partial charge in [0.25, 0.3) is 0 Å². The van der Waals surface area contributed by atoms with Crippen LogP contribution in [-0.4, -0.2) is 5.11 Å².